The third-order valence-electron chi connectivity index (χ3n) is 4.10. The number of hydrogen-bond donors (Lipinski definition) is 2. The summed E-state index contributed by atoms with van der Waals surface area (Å²) in [4.78, 5) is 12.1. The molecule has 1 amide bonds. The normalized spacial score (nSPS) is 18.7. The first-order valence-corrected chi connectivity index (χ1v) is 9.50. The molecule has 0 bridgehead atoms. The van der Waals surface area contributed by atoms with Crippen molar-refractivity contribution in [3.63, 3.8) is 0 Å². The van der Waals surface area contributed by atoms with Gasteiger partial charge in [0.1, 0.15) is 6.04 Å². The van der Waals surface area contributed by atoms with Crippen LogP contribution in [0.2, 0.25) is 0 Å². The van der Waals surface area contributed by atoms with Gasteiger partial charge in [-0.15, -0.1) is 0 Å². The van der Waals surface area contributed by atoms with Crippen LogP contribution in [0.1, 0.15) is 19.3 Å². The van der Waals surface area contributed by atoms with E-state index in [1.165, 1.54) is 0 Å². The molecule has 0 aromatic heterocycles. The molecule has 0 radical (unpaired) electrons. The third-order valence-corrected chi connectivity index (χ3v) is 5.59. The van der Waals surface area contributed by atoms with Gasteiger partial charge in [-0.1, -0.05) is 42.5 Å². The van der Waals surface area contributed by atoms with Gasteiger partial charge in [0.25, 0.3) is 0 Å². The summed E-state index contributed by atoms with van der Waals surface area (Å²) in [5, 5.41) is 2.73. The number of carbonyl (C=O) groups excluding carboxylic acids is 1. The molecule has 2 N–H and O–H groups in total. The molecule has 0 saturated carbocycles. The van der Waals surface area contributed by atoms with Crippen molar-refractivity contribution < 1.29 is 13.2 Å². The van der Waals surface area contributed by atoms with Gasteiger partial charge >= 0.3 is 0 Å². The summed E-state index contributed by atoms with van der Waals surface area (Å²) >= 11 is 0. The van der Waals surface area contributed by atoms with Crippen molar-refractivity contribution in [2.24, 2.45) is 0 Å². The fourth-order valence-corrected chi connectivity index (χ4v) is 3.99. The molecule has 126 valence electrons. The van der Waals surface area contributed by atoms with Gasteiger partial charge in [0.2, 0.25) is 15.9 Å². The summed E-state index contributed by atoms with van der Waals surface area (Å²) in [5.74, 6) is -0.253. The largest absolute Gasteiger partial charge is 0.355 e. The maximum Gasteiger partial charge on any atom is 0.241 e. The van der Waals surface area contributed by atoms with Crippen molar-refractivity contribution in [2.75, 3.05) is 6.54 Å². The Morgan fingerprint density at radius 3 is 2.29 bits per heavy atom. The zero-order chi connectivity index (χ0) is 17.0. The number of benzene rings is 2. The van der Waals surface area contributed by atoms with Crippen LogP contribution >= 0.6 is 0 Å². The van der Waals surface area contributed by atoms with E-state index < -0.39 is 16.1 Å². The SMILES string of the molecule is O=C1NCCCC[C@@H]1NS(=O)(=O)c1ccc(-c2ccccc2)cc1. The summed E-state index contributed by atoms with van der Waals surface area (Å²) in [6.07, 6.45) is 2.21. The number of rotatable bonds is 4. The molecule has 2 aromatic carbocycles. The van der Waals surface area contributed by atoms with Gasteiger partial charge in [-0.2, -0.15) is 4.72 Å². The van der Waals surface area contributed by atoms with Crippen LogP contribution in [0.4, 0.5) is 0 Å². The van der Waals surface area contributed by atoms with Crippen molar-refractivity contribution >= 4 is 15.9 Å². The average molecular weight is 344 g/mol. The molecule has 24 heavy (non-hydrogen) atoms. The van der Waals surface area contributed by atoms with Crippen molar-refractivity contribution in [1.29, 1.82) is 0 Å². The Balaban J connectivity index is 1.78. The first-order valence-electron chi connectivity index (χ1n) is 8.02. The molecule has 0 unspecified atom stereocenters. The summed E-state index contributed by atoms with van der Waals surface area (Å²) in [6.45, 7) is 0.600. The smallest absolute Gasteiger partial charge is 0.241 e. The van der Waals surface area contributed by atoms with Gasteiger partial charge in [0.05, 0.1) is 4.90 Å². The van der Waals surface area contributed by atoms with E-state index in [1.807, 2.05) is 30.3 Å². The lowest BCUT2D eigenvalue weighted by molar-refractivity contribution is -0.122. The minimum Gasteiger partial charge on any atom is -0.355 e. The number of amides is 1. The summed E-state index contributed by atoms with van der Waals surface area (Å²) < 4.78 is 27.6. The van der Waals surface area contributed by atoms with E-state index in [2.05, 4.69) is 10.0 Å². The van der Waals surface area contributed by atoms with Gasteiger partial charge in [-0.05, 0) is 42.5 Å². The molecular weight excluding hydrogens is 324 g/mol. The Morgan fingerprint density at radius 2 is 1.58 bits per heavy atom. The molecule has 3 rings (SSSR count). The zero-order valence-corrected chi connectivity index (χ0v) is 14.1. The molecule has 6 heteroatoms. The van der Waals surface area contributed by atoms with Crippen LogP contribution in [0.25, 0.3) is 11.1 Å². The predicted molar refractivity (Wildman–Crippen MR) is 92.8 cm³/mol. The van der Waals surface area contributed by atoms with Gasteiger partial charge in [0.15, 0.2) is 0 Å². The lowest BCUT2D eigenvalue weighted by Crippen LogP contribution is -2.45. The second-order valence-corrected chi connectivity index (χ2v) is 7.57. The Morgan fingerprint density at radius 1 is 0.917 bits per heavy atom. The van der Waals surface area contributed by atoms with Crippen molar-refractivity contribution in [3.05, 3.63) is 54.6 Å². The van der Waals surface area contributed by atoms with Gasteiger partial charge in [-0.25, -0.2) is 8.42 Å². The van der Waals surface area contributed by atoms with Crippen LogP contribution in [-0.2, 0) is 14.8 Å². The highest BCUT2D eigenvalue weighted by atomic mass is 32.2. The topological polar surface area (TPSA) is 75.3 Å². The zero-order valence-electron chi connectivity index (χ0n) is 13.2. The Bertz CT molecular complexity index is 802. The number of nitrogens with one attached hydrogen (secondary N) is 2. The molecule has 1 saturated heterocycles. The summed E-state index contributed by atoms with van der Waals surface area (Å²) in [7, 11) is -3.72. The molecule has 1 fully saturated rings. The van der Waals surface area contributed by atoms with Gasteiger partial charge in [0, 0.05) is 6.54 Å². The van der Waals surface area contributed by atoms with Crippen LogP contribution in [0, 0.1) is 0 Å². The highest BCUT2D eigenvalue weighted by Crippen LogP contribution is 2.21. The van der Waals surface area contributed by atoms with Crippen LogP contribution in [0.5, 0.6) is 0 Å². The third kappa shape index (κ3) is 3.83. The monoisotopic (exact) mass is 344 g/mol. The molecule has 0 spiro atoms. The minimum absolute atomic E-state index is 0.166. The van der Waals surface area contributed by atoms with E-state index in [4.69, 9.17) is 0 Å². The van der Waals surface area contributed by atoms with Crippen molar-refractivity contribution in [2.45, 2.75) is 30.2 Å². The average Bonchev–Trinajstić information content (AvgIpc) is 2.80. The molecule has 1 aliphatic heterocycles. The summed E-state index contributed by atoms with van der Waals surface area (Å²) in [5.41, 5.74) is 1.97. The van der Waals surface area contributed by atoms with E-state index in [0.29, 0.717) is 13.0 Å². The number of carbonyl (C=O) groups is 1. The second-order valence-electron chi connectivity index (χ2n) is 5.85. The molecular formula is C18H20N2O3S. The number of sulfonamides is 1. The van der Waals surface area contributed by atoms with Crippen molar-refractivity contribution in [1.82, 2.24) is 10.0 Å². The lowest BCUT2D eigenvalue weighted by atomic mass is 10.1. The van der Waals surface area contributed by atoms with E-state index in [9.17, 15) is 13.2 Å². The van der Waals surface area contributed by atoms with Crippen LogP contribution < -0.4 is 10.0 Å². The van der Waals surface area contributed by atoms with Gasteiger partial charge in [-0.3, -0.25) is 4.79 Å². The Hall–Kier alpha value is -2.18. The quantitative estimate of drug-likeness (QED) is 0.894. The predicted octanol–water partition coefficient (Wildman–Crippen LogP) is 2.30. The highest BCUT2D eigenvalue weighted by Gasteiger charge is 2.26. The lowest BCUT2D eigenvalue weighted by Gasteiger charge is -2.15. The maximum absolute atomic E-state index is 12.5. The van der Waals surface area contributed by atoms with E-state index in [0.717, 1.165) is 24.0 Å². The number of hydrogen-bond acceptors (Lipinski definition) is 3. The molecule has 0 aliphatic carbocycles. The first-order chi connectivity index (χ1) is 11.6. The minimum atomic E-state index is -3.72. The van der Waals surface area contributed by atoms with E-state index >= 15 is 0 Å². The Labute approximate surface area is 142 Å². The van der Waals surface area contributed by atoms with Crippen molar-refractivity contribution in [3.8, 4) is 11.1 Å². The van der Waals surface area contributed by atoms with Gasteiger partial charge < -0.3 is 5.32 Å². The standard InChI is InChI=1S/C18H20N2O3S/c21-18-17(8-4-5-13-19-18)20-24(22,23)16-11-9-15(10-12-16)14-6-2-1-3-7-14/h1-3,6-7,9-12,17,20H,4-5,8,13H2,(H,19,21)/t17-/m0/s1. The second kappa shape index (κ2) is 7.15. The van der Waals surface area contributed by atoms with E-state index in [-0.39, 0.29) is 10.8 Å². The molecule has 2 aromatic rings. The maximum atomic E-state index is 12.5. The molecule has 1 aliphatic rings. The van der Waals surface area contributed by atoms with Crippen LogP contribution in [0.3, 0.4) is 0 Å². The highest BCUT2D eigenvalue weighted by molar-refractivity contribution is 7.89. The first kappa shape index (κ1) is 16.7. The summed E-state index contributed by atoms with van der Waals surface area (Å²) in [6, 6.07) is 15.7. The molecule has 1 heterocycles. The molecule has 1 atom stereocenters. The Kier molecular flexibility index (Phi) is 4.97. The fourth-order valence-electron chi connectivity index (χ4n) is 2.76. The van der Waals surface area contributed by atoms with E-state index in [1.54, 1.807) is 24.3 Å². The van der Waals surface area contributed by atoms with Crippen LogP contribution in [-0.4, -0.2) is 26.9 Å². The van der Waals surface area contributed by atoms with Crippen LogP contribution in [0.15, 0.2) is 59.5 Å². The molecule has 5 nitrogen and oxygen atoms in total. The fraction of sp³-hybridized carbons (Fsp3) is 0.278.